The fraction of sp³-hybridized carbons (Fsp3) is 0.214. The summed E-state index contributed by atoms with van der Waals surface area (Å²) >= 11 is 0. The Morgan fingerprint density at radius 1 is 1.39 bits per heavy atom. The zero-order valence-corrected chi connectivity index (χ0v) is 10.1. The lowest BCUT2D eigenvalue weighted by Gasteiger charge is -2.03. The van der Waals surface area contributed by atoms with Crippen molar-refractivity contribution in [3.8, 4) is 17.3 Å². The highest BCUT2D eigenvalue weighted by atomic mass is 16.1. The van der Waals surface area contributed by atoms with E-state index in [4.69, 9.17) is 5.26 Å². The second kappa shape index (κ2) is 5.28. The van der Waals surface area contributed by atoms with Gasteiger partial charge in [0, 0.05) is 18.1 Å². The van der Waals surface area contributed by atoms with E-state index in [1.807, 2.05) is 13.0 Å². The molecule has 0 bridgehead atoms. The van der Waals surface area contributed by atoms with Gasteiger partial charge in [-0.1, -0.05) is 19.1 Å². The fourth-order valence-corrected chi connectivity index (χ4v) is 1.76. The molecule has 18 heavy (non-hydrogen) atoms. The maximum Gasteiger partial charge on any atom is 0.251 e. The molecule has 1 N–H and O–H groups in total. The van der Waals surface area contributed by atoms with E-state index in [2.05, 4.69) is 16.0 Å². The Hall–Kier alpha value is -2.41. The molecular formula is C14H13N3O. The SMILES string of the molecule is CCCc1nc(-c2cccc(C#N)c2)cc(=O)[nH]1. The Bertz CT molecular complexity index is 653. The van der Waals surface area contributed by atoms with Gasteiger partial charge in [-0.3, -0.25) is 4.79 Å². The van der Waals surface area contributed by atoms with Gasteiger partial charge in [0.05, 0.1) is 17.3 Å². The zero-order chi connectivity index (χ0) is 13.0. The van der Waals surface area contributed by atoms with Crippen LogP contribution in [0.1, 0.15) is 24.7 Å². The molecule has 0 fully saturated rings. The van der Waals surface area contributed by atoms with Crippen LogP contribution in [0.15, 0.2) is 35.1 Å². The summed E-state index contributed by atoms with van der Waals surface area (Å²) in [5.74, 6) is 0.683. The van der Waals surface area contributed by atoms with E-state index in [0.717, 1.165) is 18.4 Å². The molecule has 0 aliphatic rings. The molecule has 1 aromatic carbocycles. The lowest BCUT2D eigenvalue weighted by atomic mass is 10.1. The number of hydrogen-bond donors (Lipinski definition) is 1. The van der Waals surface area contributed by atoms with Crippen molar-refractivity contribution in [1.29, 1.82) is 5.26 Å². The van der Waals surface area contributed by atoms with E-state index < -0.39 is 0 Å². The maximum atomic E-state index is 11.6. The summed E-state index contributed by atoms with van der Waals surface area (Å²) in [5, 5.41) is 8.86. The molecule has 0 aliphatic carbocycles. The standard InChI is InChI=1S/C14H13N3O/c1-2-4-13-16-12(8-14(18)17-13)11-6-3-5-10(7-11)9-15/h3,5-8H,2,4H2,1H3,(H,16,17,18). The molecule has 2 rings (SSSR count). The van der Waals surface area contributed by atoms with Crippen LogP contribution < -0.4 is 5.56 Å². The smallest absolute Gasteiger partial charge is 0.251 e. The van der Waals surface area contributed by atoms with E-state index >= 15 is 0 Å². The van der Waals surface area contributed by atoms with Crippen molar-refractivity contribution in [2.75, 3.05) is 0 Å². The highest BCUT2D eigenvalue weighted by Crippen LogP contribution is 2.16. The highest BCUT2D eigenvalue weighted by Gasteiger charge is 2.04. The molecule has 0 radical (unpaired) electrons. The number of rotatable bonds is 3. The average Bonchev–Trinajstić information content (AvgIpc) is 2.38. The second-order valence-electron chi connectivity index (χ2n) is 4.02. The number of aromatic amines is 1. The first-order chi connectivity index (χ1) is 8.72. The molecule has 1 heterocycles. The normalized spacial score (nSPS) is 10.0. The molecule has 4 heteroatoms. The molecule has 90 valence electrons. The largest absolute Gasteiger partial charge is 0.311 e. The van der Waals surface area contributed by atoms with Crippen LogP contribution in [-0.4, -0.2) is 9.97 Å². The van der Waals surface area contributed by atoms with E-state index in [1.165, 1.54) is 6.07 Å². The third-order valence-electron chi connectivity index (χ3n) is 2.56. The molecule has 0 unspecified atom stereocenters. The van der Waals surface area contributed by atoms with Crippen LogP contribution in [0.5, 0.6) is 0 Å². The molecule has 1 aromatic heterocycles. The van der Waals surface area contributed by atoms with Crippen LogP contribution in [-0.2, 0) is 6.42 Å². The highest BCUT2D eigenvalue weighted by molar-refractivity contribution is 5.60. The molecule has 0 spiro atoms. The summed E-state index contributed by atoms with van der Waals surface area (Å²) < 4.78 is 0. The molecule has 0 saturated carbocycles. The fourth-order valence-electron chi connectivity index (χ4n) is 1.76. The van der Waals surface area contributed by atoms with Gasteiger partial charge in [0.25, 0.3) is 5.56 Å². The molecule has 2 aromatic rings. The molecule has 0 amide bonds. The Kier molecular flexibility index (Phi) is 3.54. The lowest BCUT2D eigenvalue weighted by molar-refractivity contribution is 0.827. The number of hydrogen-bond acceptors (Lipinski definition) is 3. The third kappa shape index (κ3) is 2.64. The minimum Gasteiger partial charge on any atom is -0.311 e. The first kappa shape index (κ1) is 12.1. The predicted molar refractivity (Wildman–Crippen MR) is 69.0 cm³/mol. The van der Waals surface area contributed by atoms with E-state index in [1.54, 1.807) is 18.2 Å². The van der Waals surface area contributed by atoms with Crippen LogP contribution in [0.25, 0.3) is 11.3 Å². The minimum atomic E-state index is -0.161. The van der Waals surface area contributed by atoms with Crippen molar-refractivity contribution in [3.05, 3.63) is 52.1 Å². The van der Waals surface area contributed by atoms with Crippen LogP contribution in [0, 0.1) is 11.3 Å². The summed E-state index contributed by atoms with van der Waals surface area (Å²) in [5.41, 5.74) is 1.80. The van der Waals surface area contributed by atoms with Gasteiger partial charge in [-0.2, -0.15) is 5.26 Å². The van der Waals surface area contributed by atoms with Crippen LogP contribution in [0.2, 0.25) is 0 Å². The summed E-state index contributed by atoms with van der Waals surface area (Å²) in [6.07, 6.45) is 1.66. The topological polar surface area (TPSA) is 69.5 Å². The van der Waals surface area contributed by atoms with Gasteiger partial charge in [-0.05, 0) is 18.6 Å². The van der Waals surface area contributed by atoms with Gasteiger partial charge < -0.3 is 4.98 Å². The van der Waals surface area contributed by atoms with Crippen LogP contribution in [0.4, 0.5) is 0 Å². The number of nitrogens with zero attached hydrogens (tertiary/aromatic N) is 2. The summed E-state index contributed by atoms with van der Waals surface area (Å²) in [7, 11) is 0. The van der Waals surface area contributed by atoms with Crippen molar-refractivity contribution in [2.24, 2.45) is 0 Å². The Morgan fingerprint density at radius 3 is 2.94 bits per heavy atom. The number of aryl methyl sites for hydroxylation is 1. The van der Waals surface area contributed by atoms with Gasteiger partial charge in [-0.25, -0.2) is 4.98 Å². The lowest BCUT2D eigenvalue weighted by Crippen LogP contribution is -2.11. The van der Waals surface area contributed by atoms with Crippen LogP contribution in [0.3, 0.4) is 0 Å². The molecular weight excluding hydrogens is 226 g/mol. The monoisotopic (exact) mass is 239 g/mol. The Labute approximate surface area is 105 Å². The number of benzene rings is 1. The van der Waals surface area contributed by atoms with E-state index in [9.17, 15) is 4.79 Å². The first-order valence-electron chi connectivity index (χ1n) is 5.83. The van der Waals surface area contributed by atoms with Crippen molar-refractivity contribution in [1.82, 2.24) is 9.97 Å². The van der Waals surface area contributed by atoms with Crippen molar-refractivity contribution < 1.29 is 0 Å². The molecule has 0 aliphatic heterocycles. The maximum absolute atomic E-state index is 11.6. The quantitative estimate of drug-likeness (QED) is 0.893. The molecule has 0 saturated heterocycles. The number of aromatic nitrogens is 2. The third-order valence-corrected chi connectivity index (χ3v) is 2.56. The van der Waals surface area contributed by atoms with Gasteiger partial charge in [0.15, 0.2) is 0 Å². The van der Waals surface area contributed by atoms with Crippen molar-refractivity contribution in [3.63, 3.8) is 0 Å². The van der Waals surface area contributed by atoms with Crippen molar-refractivity contribution in [2.45, 2.75) is 19.8 Å². The molecule has 4 nitrogen and oxygen atoms in total. The molecule has 0 atom stereocenters. The number of nitrogens with one attached hydrogen (secondary N) is 1. The number of nitriles is 1. The summed E-state index contributed by atoms with van der Waals surface area (Å²) in [6, 6.07) is 10.6. The van der Waals surface area contributed by atoms with Gasteiger partial charge >= 0.3 is 0 Å². The predicted octanol–water partition coefficient (Wildman–Crippen LogP) is 2.26. The average molecular weight is 239 g/mol. The Balaban J connectivity index is 2.50. The van der Waals surface area contributed by atoms with Crippen LogP contribution >= 0.6 is 0 Å². The van der Waals surface area contributed by atoms with Gasteiger partial charge in [0.2, 0.25) is 0 Å². The zero-order valence-electron chi connectivity index (χ0n) is 10.1. The van der Waals surface area contributed by atoms with Gasteiger partial charge in [-0.15, -0.1) is 0 Å². The first-order valence-corrected chi connectivity index (χ1v) is 5.83. The van der Waals surface area contributed by atoms with Crippen molar-refractivity contribution >= 4 is 0 Å². The van der Waals surface area contributed by atoms with E-state index in [0.29, 0.717) is 17.1 Å². The second-order valence-corrected chi connectivity index (χ2v) is 4.02. The minimum absolute atomic E-state index is 0.161. The van der Waals surface area contributed by atoms with Gasteiger partial charge in [0.1, 0.15) is 5.82 Å². The summed E-state index contributed by atoms with van der Waals surface area (Å²) in [6.45, 7) is 2.03. The number of H-pyrrole nitrogens is 1. The van der Waals surface area contributed by atoms with E-state index in [-0.39, 0.29) is 5.56 Å². The Morgan fingerprint density at radius 2 is 2.22 bits per heavy atom. The summed E-state index contributed by atoms with van der Waals surface area (Å²) in [4.78, 5) is 18.7.